The second-order valence-corrected chi connectivity index (χ2v) is 4.10. The number of hydrogen-bond donors (Lipinski definition) is 2. The zero-order valence-electron chi connectivity index (χ0n) is 10.0. The van der Waals surface area contributed by atoms with Crippen molar-refractivity contribution in [3.05, 3.63) is 59.2 Å². The van der Waals surface area contributed by atoms with Gasteiger partial charge in [-0.05, 0) is 19.4 Å². The fraction of sp³-hybridized carbons (Fsp3) is 0.231. The first-order chi connectivity index (χ1) is 8.20. The van der Waals surface area contributed by atoms with Crippen molar-refractivity contribution in [2.75, 3.05) is 0 Å². The number of rotatable bonds is 3. The highest BCUT2D eigenvalue weighted by atomic mass is 15.2. The Morgan fingerprint density at radius 2 is 2.00 bits per heavy atom. The predicted molar refractivity (Wildman–Crippen MR) is 67.1 cm³/mol. The van der Waals surface area contributed by atoms with Crippen LogP contribution in [0.3, 0.4) is 0 Å². The largest absolute Gasteiger partial charge is 0.271 e. The van der Waals surface area contributed by atoms with E-state index in [-0.39, 0.29) is 6.04 Å². The van der Waals surface area contributed by atoms with Crippen LogP contribution >= 0.6 is 0 Å². The Morgan fingerprint density at radius 1 is 1.18 bits per heavy atom. The van der Waals surface area contributed by atoms with E-state index in [9.17, 15) is 0 Å². The highest BCUT2D eigenvalue weighted by Crippen LogP contribution is 2.19. The van der Waals surface area contributed by atoms with Crippen LogP contribution in [-0.4, -0.2) is 9.97 Å². The minimum Gasteiger partial charge on any atom is -0.271 e. The molecule has 0 amide bonds. The maximum Gasteiger partial charge on any atom is 0.0897 e. The lowest BCUT2D eigenvalue weighted by molar-refractivity contribution is 0.616. The third kappa shape index (κ3) is 2.67. The number of hydrogen-bond acceptors (Lipinski definition) is 4. The highest BCUT2D eigenvalue weighted by Gasteiger charge is 2.13. The average Bonchev–Trinajstić information content (AvgIpc) is 2.33. The quantitative estimate of drug-likeness (QED) is 0.619. The molecule has 1 atom stereocenters. The number of hydrazine groups is 1. The van der Waals surface area contributed by atoms with Gasteiger partial charge < -0.3 is 0 Å². The number of nitrogens with one attached hydrogen (secondary N) is 1. The van der Waals surface area contributed by atoms with Gasteiger partial charge in [0.25, 0.3) is 0 Å². The van der Waals surface area contributed by atoms with Gasteiger partial charge in [0.2, 0.25) is 0 Å². The van der Waals surface area contributed by atoms with Gasteiger partial charge in [-0.1, -0.05) is 29.8 Å². The van der Waals surface area contributed by atoms with Crippen LogP contribution in [0.4, 0.5) is 0 Å². The van der Waals surface area contributed by atoms with E-state index in [0.717, 1.165) is 17.0 Å². The van der Waals surface area contributed by atoms with E-state index in [1.165, 1.54) is 5.56 Å². The lowest BCUT2D eigenvalue weighted by Crippen LogP contribution is -2.29. The Hall–Kier alpha value is -1.78. The van der Waals surface area contributed by atoms with Gasteiger partial charge in [0.05, 0.1) is 23.6 Å². The molecule has 0 fully saturated rings. The molecule has 4 heteroatoms. The summed E-state index contributed by atoms with van der Waals surface area (Å²) in [7, 11) is 0. The monoisotopic (exact) mass is 228 g/mol. The van der Waals surface area contributed by atoms with Crippen molar-refractivity contribution in [2.45, 2.75) is 19.9 Å². The van der Waals surface area contributed by atoms with Crippen molar-refractivity contribution in [1.82, 2.24) is 15.4 Å². The van der Waals surface area contributed by atoms with Crippen LogP contribution in [0.1, 0.15) is 28.6 Å². The van der Waals surface area contributed by atoms with Gasteiger partial charge in [-0.2, -0.15) is 0 Å². The van der Waals surface area contributed by atoms with Crippen LogP contribution in [0.25, 0.3) is 0 Å². The lowest BCUT2D eigenvalue weighted by atomic mass is 10.0. The van der Waals surface area contributed by atoms with Crippen LogP contribution in [-0.2, 0) is 0 Å². The van der Waals surface area contributed by atoms with Crippen LogP contribution in [0.15, 0.2) is 36.7 Å². The van der Waals surface area contributed by atoms with Crippen molar-refractivity contribution in [2.24, 2.45) is 5.84 Å². The van der Waals surface area contributed by atoms with E-state index in [2.05, 4.69) is 34.5 Å². The molecule has 1 unspecified atom stereocenters. The first kappa shape index (κ1) is 11.7. The summed E-state index contributed by atoms with van der Waals surface area (Å²) in [6.07, 6.45) is 3.50. The zero-order chi connectivity index (χ0) is 12.3. The van der Waals surface area contributed by atoms with Crippen LogP contribution < -0.4 is 11.3 Å². The summed E-state index contributed by atoms with van der Waals surface area (Å²) >= 11 is 0. The summed E-state index contributed by atoms with van der Waals surface area (Å²) in [5.74, 6) is 5.61. The molecule has 88 valence electrons. The standard InChI is InChI=1S/C13H16N4/c1-9-4-3-5-11(6-9)13(17-14)12-8-15-10(2)7-16-12/h3-8,13,17H,14H2,1-2H3. The van der Waals surface area contributed by atoms with Crippen LogP contribution in [0, 0.1) is 13.8 Å². The summed E-state index contributed by atoms with van der Waals surface area (Å²) in [6, 6.07) is 8.06. The molecule has 4 nitrogen and oxygen atoms in total. The number of nitrogens with zero attached hydrogens (tertiary/aromatic N) is 2. The normalized spacial score (nSPS) is 12.4. The summed E-state index contributed by atoms with van der Waals surface area (Å²) in [5, 5.41) is 0. The maximum absolute atomic E-state index is 5.61. The van der Waals surface area contributed by atoms with E-state index < -0.39 is 0 Å². The number of nitrogens with two attached hydrogens (primary N) is 1. The first-order valence-corrected chi connectivity index (χ1v) is 5.52. The molecular formula is C13H16N4. The number of aromatic nitrogens is 2. The van der Waals surface area contributed by atoms with Gasteiger partial charge >= 0.3 is 0 Å². The SMILES string of the molecule is Cc1cccc(C(NN)c2cnc(C)cn2)c1. The van der Waals surface area contributed by atoms with Gasteiger partial charge in [0.15, 0.2) is 0 Å². The van der Waals surface area contributed by atoms with Gasteiger partial charge in [-0.3, -0.25) is 15.8 Å². The molecule has 1 aromatic carbocycles. The van der Waals surface area contributed by atoms with Gasteiger partial charge in [0, 0.05) is 6.20 Å². The van der Waals surface area contributed by atoms with E-state index in [1.54, 1.807) is 12.4 Å². The van der Waals surface area contributed by atoms with Gasteiger partial charge in [-0.15, -0.1) is 0 Å². The van der Waals surface area contributed by atoms with E-state index in [0.29, 0.717) is 0 Å². The maximum atomic E-state index is 5.61. The molecule has 0 spiro atoms. The molecule has 2 aromatic rings. The number of aryl methyl sites for hydroxylation is 2. The highest BCUT2D eigenvalue weighted by molar-refractivity contribution is 5.30. The van der Waals surface area contributed by atoms with E-state index >= 15 is 0 Å². The fourth-order valence-corrected chi connectivity index (χ4v) is 1.75. The molecule has 2 rings (SSSR count). The Kier molecular flexibility index (Phi) is 3.46. The molecule has 0 saturated heterocycles. The molecule has 0 aliphatic rings. The summed E-state index contributed by atoms with van der Waals surface area (Å²) in [5.41, 5.74) is 6.78. The minimum absolute atomic E-state index is 0.122. The Morgan fingerprint density at radius 3 is 2.59 bits per heavy atom. The molecule has 0 aliphatic heterocycles. The molecule has 17 heavy (non-hydrogen) atoms. The Bertz CT molecular complexity index is 493. The average molecular weight is 228 g/mol. The molecule has 1 heterocycles. The van der Waals surface area contributed by atoms with Crippen molar-refractivity contribution < 1.29 is 0 Å². The molecule has 0 aliphatic carbocycles. The molecule has 0 saturated carbocycles. The van der Waals surface area contributed by atoms with Gasteiger partial charge in [-0.25, -0.2) is 5.43 Å². The molecule has 0 bridgehead atoms. The minimum atomic E-state index is -0.122. The van der Waals surface area contributed by atoms with Crippen molar-refractivity contribution >= 4 is 0 Å². The third-order valence-corrected chi connectivity index (χ3v) is 2.64. The van der Waals surface area contributed by atoms with Crippen molar-refractivity contribution in [3.63, 3.8) is 0 Å². The summed E-state index contributed by atoms with van der Waals surface area (Å²) in [4.78, 5) is 8.59. The van der Waals surface area contributed by atoms with Crippen LogP contribution in [0.5, 0.6) is 0 Å². The second-order valence-electron chi connectivity index (χ2n) is 4.10. The Balaban J connectivity index is 2.36. The smallest absolute Gasteiger partial charge is 0.0897 e. The zero-order valence-corrected chi connectivity index (χ0v) is 10.0. The molecule has 3 N–H and O–H groups in total. The second kappa shape index (κ2) is 5.03. The number of benzene rings is 1. The molecular weight excluding hydrogens is 212 g/mol. The lowest BCUT2D eigenvalue weighted by Gasteiger charge is -2.16. The summed E-state index contributed by atoms with van der Waals surface area (Å²) in [6.45, 7) is 3.96. The van der Waals surface area contributed by atoms with E-state index in [4.69, 9.17) is 5.84 Å². The van der Waals surface area contributed by atoms with Gasteiger partial charge in [0.1, 0.15) is 0 Å². The van der Waals surface area contributed by atoms with Crippen LogP contribution in [0.2, 0.25) is 0 Å². The van der Waals surface area contributed by atoms with Crippen molar-refractivity contribution in [1.29, 1.82) is 0 Å². The fourth-order valence-electron chi connectivity index (χ4n) is 1.75. The topological polar surface area (TPSA) is 63.8 Å². The molecule has 1 aromatic heterocycles. The molecule has 0 radical (unpaired) electrons. The summed E-state index contributed by atoms with van der Waals surface area (Å²) < 4.78 is 0. The Labute approximate surface area is 101 Å². The predicted octanol–water partition coefficient (Wildman–Crippen LogP) is 1.65. The van der Waals surface area contributed by atoms with Crippen molar-refractivity contribution in [3.8, 4) is 0 Å². The van der Waals surface area contributed by atoms with E-state index in [1.807, 2.05) is 19.1 Å². The third-order valence-electron chi connectivity index (χ3n) is 2.64. The first-order valence-electron chi connectivity index (χ1n) is 5.52.